The molecule has 0 aliphatic carbocycles. The summed E-state index contributed by atoms with van der Waals surface area (Å²) in [5.74, 6) is -0.0557. The van der Waals surface area contributed by atoms with Crippen LogP contribution in [0.1, 0.15) is 32.2 Å². The van der Waals surface area contributed by atoms with Crippen molar-refractivity contribution in [2.75, 3.05) is 39.8 Å². The van der Waals surface area contributed by atoms with Gasteiger partial charge in [0.25, 0.3) is 0 Å². The number of hydrogen-bond donors (Lipinski definition) is 1. The van der Waals surface area contributed by atoms with E-state index in [0.29, 0.717) is 5.41 Å². The summed E-state index contributed by atoms with van der Waals surface area (Å²) >= 11 is 0. The number of aromatic nitrogens is 2. The molecule has 7 nitrogen and oxygen atoms in total. The van der Waals surface area contributed by atoms with Gasteiger partial charge in [0.15, 0.2) is 0 Å². The van der Waals surface area contributed by atoms with Gasteiger partial charge >= 0.3 is 0 Å². The maximum absolute atomic E-state index is 12.5. The molecule has 1 aromatic heterocycles. The Morgan fingerprint density at radius 2 is 2.08 bits per heavy atom. The van der Waals surface area contributed by atoms with E-state index < -0.39 is 6.04 Å². The molecule has 0 saturated carbocycles. The second-order valence-electron chi connectivity index (χ2n) is 7.16. The maximum atomic E-state index is 12.5. The molecule has 2 fully saturated rings. The summed E-state index contributed by atoms with van der Waals surface area (Å²) in [4.78, 5) is 28.4. The average Bonchev–Trinajstić information content (AvgIpc) is 3.26. The van der Waals surface area contributed by atoms with Gasteiger partial charge in [0.05, 0.1) is 6.54 Å². The molecule has 1 N–H and O–H groups in total. The molecule has 1 atom stereocenters. The van der Waals surface area contributed by atoms with Gasteiger partial charge in [-0.2, -0.15) is 5.10 Å². The van der Waals surface area contributed by atoms with E-state index in [1.54, 1.807) is 37.1 Å². The monoisotopic (exact) mass is 333 g/mol. The number of rotatable bonds is 4. The molecule has 132 valence electrons. The van der Waals surface area contributed by atoms with E-state index in [9.17, 15) is 9.59 Å². The summed E-state index contributed by atoms with van der Waals surface area (Å²) in [6.45, 7) is 5.71. The van der Waals surface area contributed by atoms with E-state index in [0.717, 1.165) is 39.0 Å². The summed E-state index contributed by atoms with van der Waals surface area (Å²) in [5, 5.41) is 7.53. The standard InChI is InChI=1S/C17H27N5O2/c1-14(22-9-3-7-19-22)16(24)20(2)12-15(23)21-10-5-17(6-11-21)4-8-18-13-17/h3,7,9,14,18H,4-6,8,10-13H2,1-2H3. The van der Waals surface area contributed by atoms with E-state index in [1.807, 2.05) is 4.90 Å². The quantitative estimate of drug-likeness (QED) is 0.871. The number of amides is 2. The molecule has 2 saturated heterocycles. The SMILES string of the molecule is CC(C(=O)N(C)CC(=O)N1CCC2(CCNC2)CC1)n1cccn1. The zero-order valence-corrected chi connectivity index (χ0v) is 14.6. The lowest BCUT2D eigenvalue weighted by Gasteiger charge is -2.39. The Morgan fingerprint density at radius 3 is 2.67 bits per heavy atom. The van der Waals surface area contributed by atoms with Crippen LogP contribution < -0.4 is 5.32 Å². The highest BCUT2D eigenvalue weighted by atomic mass is 16.2. The van der Waals surface area contributed by atoms with Crippen molar-refractivity contribution in [1.29, 1.82) is 0 Å². The molecule has 1 unspecified atom stereocenters. The zero-order valence-electron chi connectivity index (χ0n) is 14.6. The van der Waals surface area contributed by atoms with Gasteiger partial charge in [-0.15, -0.1) is 0 Å². The van der Waals surface area contributed by atoms with Crippen molar-refractivity contribution < 1.29 is 9.59 Å². The highest BCUT2D eigenvalue weighted by molar-refractivity contribution is 5.86. The predicted molar refractivity (Wildman–Crippen MR) is 90.3 cm³/mol. The summed E-state index contributed by atoms with van der Waals surface area (Å²) in [6.07, 6.45) is 6.75. The lowest BCUT2D eigenvalue weighted by Crippen LogP contribution is -2.48. The number of hydrogen-bond acceptors (Lipinski definition) is 4. The Morgan fingerprint density at radius 1 is 1.33 bits per heavy atom. The van der Waals surface area contributed by atoms with Gasteiger partial charge in [-0.25, -0.2) is 0 Å². The minimum atomic E-state index is -0.396. The number of nitrogens with zero attached hydrogens (tertiary/aromatic N) is 4. The largest absolute Gasteiger partial charge is 0.341 e. The maximum Gasteiger partial charge on any atom is 0.247 e. The molecule has 3 heterocycles. The van der Waals surface area contributed by atoms with E-state index >= 15 is 0 Å². The highest BCUT2D eigenvalue weighted by Crippen LogP contribution is 2.36. The Bertz CT molecular complexity index is 570. The Balaban J connectivity index is 1.50. The molecule has 2 aliphatic heterocycles. The molecule has 7 heteroatoms. The fraction of sp³-hybridized carbons (Fsp3) is 0.706. The van der Waals surface area contributed by atoms with Crippen LogP contribution in [0.5, 0.6) is 0 Å². The van der Waals surface area contributed by atoms with Crippen LogP contribution in [-0.4, -0.2) is 71.2 Å². The molecule has 3 rings (SSSR count). The fourth-order valence-corrected chi connectivity index (χ4v) is 3.78. The lowest BCUT2D eigenvalue weighted by atomic mass is 9.78. The van der Waals surface area contributed by atoms with Crippen molar-refractivity contribution in [2.45, 2.75) is 32.2 Å². The molecule has 2 amide bonds. The van der Waals surface area contributed by atoms with E-state index in [-0.39, 0.29) is 18.4 Å². The van der Waals surface area contributed by atoms with Crippen molar-refractivity contribution in [3.63, 3.8) is 0 Å². The first-order valence-corrected chi connectivity index (χ1v) is 8.73. The molecule has 0 aromatic carbocycles. The molecule has 24 heavy (non-hydrogen) atoms. The number of carbonyl (C=O) groups excluding carboxylic acids is 2. The Hall–Kier alpha value is -1.89. The molecular formula is C17H27N5O2. The summed E-state index contributed by atoms with van der Waals surface area (Å²) < 4.78 is 1.61. The van der Waals surface area contributed by atoms with Crippen molar-refractivity contribution in [2.24, 2.45) is 5.41 Å². The molecule has 2 aliphatic rings. The summed E-state index contributed by atoms with van der Waals surface area (Å²) in [5.41, 5.74) is 0.396. The third kappa shape index (κ3) is 3.45. The van der Waals surface area contributed by atoms with Gasteiger partial charge in [0.1, 0.15) is 6.04 Å². The van der Waals surface area contributed by atoms with Crippen LogP contribution in [0, 0.1) is 5.41 Å². The average molecular weight is 333 g/mol. The highest BCUT2D eigenvalue weighted by Gasteiger charge is 2.38. The second-order valence-corrected chi connectivity index (χ2v) is 7.16. The van der Waals surface area contributed by atoms with Crippen LogP contribution in [0.15, 0.2) is 18.5 Å². The fourth-order valence-electron chi connectivity index (χ4n) is 3.78. The van der Waals surface area contributed by atoms with E-state index in [4.69, 9.17) is 0 Å². The first-order chi connectivity index (χ1) is 11.5. The first kappa shape index (κ1) is 17.0. The van der Waals surface area contributed by atoms with Crippen molar-refractivity contribution in [3.05, 3.63) is 18.5 Å². The van der Waals surface area contributed by atoms with Crippen molar-refractivity contribution in [1.82, 2.24) is 24.9 Å². The first-order valence-electron chi connectivity index (χ1n) is 8.73. The topological polar surface area (TPSA) is 70.5 Å². The lowest BCUT2D eigenvalue weighted by molar-refractivity contribution is -0.142. The van der Waals surface area contributed by atoms with Crippen LogP contribution in [0.2, 0.25) is 0 Å². The summed E-state index contributed by atoms with van der Waals surface area (Å²) in [7, 11) is 1.69. The Kier molecular flexibility index (Phi) is 4.89. The molecular weight excluding hydrogens is 306 g/mol. The number of likely N-dealkylation sites (N-methyl/N-ethyl adjacent to an activating group) is 1. The van der Waals surface area contributed by atoms with Crippen LogP contribution >= 0.6 is 0 Å². The molecule has 0 radical (unpaired) electrons. The summed E-state index contributed by atoms with van der Waals surface area (Å²) in [6, 6.07) is 1.39. The van der Waals surface area contributed by atoms with Gasteiger partial charge in [-0.1, -0.05) is 0 Å². The minimum Gasteiger partial charge on any atom is -0.341 e. The van der Waals surface area contributed by atoms with E-state index in [2.05, 4.69) is 10.4 Å². The smallest absolute Gasteiger partial charge is 0.247 e. The number of carbonyl (C=O) groups is 2. The van der Waals surface area contributed by atoms with Crippen LogP contribution in [0.3, 0.4) is 0 Å². The molecule has 1 aromatic rings. The van der Waals surface area contributed by atoms with Gasteiger partial charge in [0.2, 0.25) is 11.8 Å². The number of nitrogens with one attached hydrogen (secondary N) is 1. The predicted octanol–water partition coefficient (Wildman–Crippen LogP) is 0.505. The van der Waals surface area contributed by atoms with Crippen LogP contribution in [-0.2, 0) is 9.59 Å². The number of piperidine rings is 1. The second kappa shape index (κ2) is 6.93. The number of likely N-dealkylation sites (tertiary alicyclic amines) is 1. The third-order valence-corrected chi connectivity index (χ3v) is 5.54. The van der Waals surface area contributed by atoms with Gasteiger partial charge in [0, 0.05) is 39.1 Å². The van der Waals surface area contributed by atoms with Gasteiger partial charge in [-0.05, 0) is 44.2 Å². The third-order valence-electron chi connectivity index (χ3n) is 5.54. The van der Waals surface area contributed by atoms with Gasteiger partial charge in [-0.3, -0.25) is 14.3 Å². The van der Waals surface area contributed by atoms with Crippen LogP contribution in [0.4, 0.5) is 0 Å². The normalized spacial score (nSPS) is 21.0. The van der Waals surface area contributed by atoms with E-state index in [1.165, 1.54) is 11.3 Å². The van der Waals surface area contributed by atoms with Crippen LogP contribution in [0.25, 0.3) is 0 Å². The molecule has 1 spiro atoms. The zero-order chi connectivity index (χ0) is 17.2. The van der Waals surface area contributed by atoms with Crippen molar-refractivity contribution in [3.8, 4) is 0 Å². The van der Waals surface area contributed by atoms with Gasteiger partial charge < -0.3 is 15.1 Å². The Labute approximate surface area is 143 Å². The molecule has 0 bridgehead atoms. The van der Waals surface area contributed by atoms with Crippen molar-refractivity contribution >= 4 is 11.8 Å². The minimum absolute atomic E-state index is 0.0410.